The highest BCUT2D eigenvalue weighted by atomic mass is 16.5. The van der Waals surface area contributed by atoms with E-state index >= 15 is 0 Å². The third-order valence-corrected chi connectivity index (χ3v) is 4.47. The van der Waals surface area contributed by atoms with Crippen LogP contribution in [0.2, 0.25) is 0 Å². The predicted octanol–water partition coefficient (Wildman–Crippen LogP) is 1.68. The van der Waals surface area contributed by atoms with E-state index in [9.17, 15) is 4.79 Å². The number of likely N-dealkylation sites (tertiary alicyclic amines) is 1. The monoisotopic (exact) mass is 358 g/mol. The number of imidazole rings is 1. The average Bonchev–Trinajstić information content (AvgIpc) is 3.37. The van der Waals surface area contributed by atoms with Crippen LogP contribution < -0.4 is 14.8 Å². The van der Waals surface area contributed by atoms with E-state index in [1.165, 1.54) is 0 Å². The molecule has 7 heteroatoms. The van der Waals surface area contributed by atoms with Crippen LogP contribution in [-0.4, -0.2) is 53.7 Å². The van der Waals surface area contributed by atoms with E-state index in [0.29, 0.717) is 11.5 Å². The van der Waals surface area contributed by atoms with Gasteiger partial charge in [-0.15, -0.1) is 0 Å². The molecule has 1 aliphatic rings. The van der Waals surface area contributed by atoms with Gasteiger partial charge in [0, 0.05) is 45.1 Å². The Kier molecular flexibility index (Phi) is 6.49. The zero-order chi connectivity index (χ0) is 18.2. The number of hydrogen-bond donors (Lipinski definition) is 1. The number of amides is 1. The van der Waals surface area contributed by atoms with E-state index in [1.807, 2.05) is 33.9 Å². The second-order valence-corrected chi connectivity index (χ2v) is 6.34. The quantitative estimate of drug-likeness (QED) is 0.691. The minimum atomic E-state index is 0.0369. The summed E-state index contributed by atoms with van der Waals surface area (Å²) in [5.41, 5.74) is 1.10. The number of rotatable bonds is 9. The van der Waals surface area contributed by atoms with Gasteiger partial charge in [-0.2, -0.15) is 0 Å². The molecule has 0 atom stereocenters. The maximum absolute atomic E-state index is 12.1. The van der Waals surface area contributed by atoms with Crippen LogP contribution in [0.5, 0.6) is 11.5 Å². The second-order valence-electron chi connectivity index (χ2n) is 6.34. The maximum Gasteiger partial charge on any atom is 0.260 e. The molecule has 1 amide bonds. The molecule has 0 spiro atoms. The van der Waals surface area contributed by atoms with Crippen LogP contribution in [0.1, 0.15) is 18.4 Å². The fourth-order valence-electron chi connectivity index (χ4n) is 3.00. The molecule has 1 aromatic carbocycles. The summed E-state index contributed by atoms with van der Waals surface area (Å²) in [7, 11) is 1.61. The summed E-state index contributed by atoms with van der Waals surface area (Å²) in [4.78, 5) is 18.0. The first kappa shape index (κ1) is 18.3. The zero-order valence-electron chi connectivity index (χ0n) is 15.2. The molecule has 0 saturated carbocycles. The van der Waals surface area contributed by atoms with Crippen molar-refractivity contribution in [3.63, 3.8) is 0 Å². The van der Waals surface area contributed by atoms with Crippen LogP contribution in [0.15, 0.2) is 36.9 Å². The molecule has 2 heterocycles. The molecule has 1 aliphatic heterocycles. The SMILES string of the molecule is COc1cc(CNCCn2ccnc2)ccc1OCC(=O)N1CCCC1. The van der Waals surface area contributed by atoms with Crippen LogP contribution in [0, 0.1) is 0 Å². The minimum absolute atomic E-state index is 0.0369. The van der Waals surface area contributed by atoms with Crippen molar-refractivity contribution in [2.75, 3.05) is 33.4 Å². The van der Waals surface area contributed by atoms with Crippen LogP contribution in [-0.2, 0) is 17.9 Å². The molecule has 26 heavy (non-hydrogen) atoms. The first-order chi connectivity index (χ1) is 12.8. The number of carbonyl (C=O) groups excluding carboxylic acids is 1. The summed E-state index contributed by atoms with van der Waals surface area (Å²) in [6, 6.07) is 5.80. The van der Waals surface area contributed by atoms with Crippen LogP contribution in [0.3, 0.4) is 0 Å². The highest BCUT2D eigenvalue weighted by molar-refractivity contribution is 5.78. The predicted molar refractivity (Wildman–Crippen MR) is 98.2 cm³/mol. The minimum Gasteiger partial charge on any atom is -0.493 e. The molecule has 1 fully saturated rings. The van der Waals surface area contributed by atoms with Gasteiger partial charge in [0.1, 0.15) is 0 Å². The van der Waals surface area contributed by atoms with Crippen LogP contribution in [0.25, 0.3) is 0 Å². The van der Waals surface area contributed by atoms with Gasteiger partial charge < -0.3 is 24.3 Å². The molecule has 0 aliphatic carbocycles. The van der Waals surface area contributed by atoms with Crippen molar-refractivity contribution in [1.29, 1.82) is 0 Å². The summed E-state index contributed by atoms with van der Waals surface area (Å²) in [6.45, 7) is 4.18. The number of hydrogen-bond acceptors (Lipinski definition) is 5. The van der Waals surface area contributed by atoms with Gasteiger partial charge in [0.15, 0.2) is 18.1 Å². The van der Waals surface area contributed by atoms with Gasteiger partial charge in [0.05, 0.1) is 13.4 Å². The zero-order valence-corrected chi connectivity index (χ0v) is 15.2. The Morgan fingerprint density at radius 3 is 2.85 bits per heavy atom. The number of methoxy groups -OCH3 is 1. The van der Waals surface area contributed by atoms with E-state index in [0.717, 1.165) is 51.1 Å². The molecule has 0 unspecified atom stereocenters. The maximum atomic E-state index is 12.1. The topological polar surface area (TPSA) is 68.6 Å². The Hall–Kier alpha value is -2.54. The first-order valence-electron chi connectivity index (χ1n) is 9.00. The van der Waals surface area contributed by atoms with E-state index in [4.69, 9.17) is 9.47 Å². The van der Waals surface area contributed by atoms with Gasteiger partial charge in [-0.05, 0) is 30.5 Å². The summed E-state index contributed by atoms with van der Waals surface area (Å²) >= 11 is 0. The highest BCUT2D eigenvalue weighted by Gasteiger charge is 2.18. The fourth-order valence-corrected chi connectivity index (χ4v) is 3.00. The third-order valence-electron chi connectivity index (χ3n) is 4.47. The van der Waals surface area contributed by atoms with Gasteiger partial charge in [0.2, 0.25) is 0 Å². The third kappa shape index (κ3) is 4.98. The van der Waals surface area contributed by atoms with Crippen LogP contribution in [0.4, 0.5) is 0 Å². The molecule has 7 nitrogen and oxygen atoms in total. The van der Waals surface area contributed by atoms with Crippen molar-refractivity contribution in [2.24, 2.45) is 0 Å². The lowest BCUT2D eigenvalue weighted by atomic mass is 10.2. The van der Waals surface area contributed by atoms with Gasteiger partial charge >= 0.3 is 0 Å². The number of aromatic nitrogens is 2. The van der Waals surface area contributed by atoms with Crippen molar-refractivity contribution >= 4 is 5.91 Å². The molecule has 0 radical (unpaired) electrons. The van der Waals surface area contributed by atoms with Gasteiger partial charge in [-0.25, -0.2) is 4.98 Å². The first-order valence-corrected chi connectivity index (χ1v) is 9.00. The van der Waals surface area contributed by atoms with Crippen molar-refractivity contribution in [1.82, 2.24) is 19.8 Å². The lowest BCUT2D eigenvalue weighted by molar-refractivity contribution is -0.132. The smallest absolute Gasteiger partial charge is 0.260 e. The Morgan fingerprint density at radius 1 is 1.27 bits per heavy atom. The summed E-state index contributed by atoms with van der Waals surface area (Å²) in [5, 5.41) is 3.39. The largest absolute Gasteiger partial charge is 0.493 e. The summed E-state index contributed by atoms with van der Waals surface area (Å²) in [6.07, 6.45) is 7.69. The summed E-state index contributed by atoms with van der Waals surface area (Å²) < 4.78 is 13.1. The van der Waals surface area contributed by atoms with Crippen LogP contribution >= 0.6 is 0 Å². The van der Waals surface area contributed by atoms with Gasteiger partial charge in [-0.1, -0.05) is 6.07 Å². The number of ether oxygens (including phenoxy) is 2. The van der Waals surface area contributed by atoms with E-state index < -0.39 is 0 Å². The lowest BCUT2D eigenvalue weighted by Gasteiger charge is -2.17. The fraction of sp³-hybridized carbons (Fsp3) is 0.474. The van der Waals surface area contributed by atoms with Gasteiger partial charge in [-0.3, -0.25) is 4.79 Å². The second kappa shape index (κ2) is 9.24. The Morgan fingerprint density at radius 2 is 2.12 bits per heavy atom. The van der Waals surface area contributed by atoms with Crippen molar-refractivity contribution in [3.05, 3.63) is 42.5 Å². The van der Waals surface area contributed by atoms with E-state index in [-0.39, 0.29) is 12.5 Å². The molecular weight excluding hydrogens is 332 g/mol. The average molecular weight is 358 g/mol. The molecule has 3 rings (SSSR count). The van der Waals surface area contributed by atoms with Crippen molar-refractivity contribution in [3.8, 4) is 11.5 Å². The van der Waals surface area contributed by atoms with Crippen molar-refractivity contribution < 1.29 is 14.3 Å². The van der Waals surface area contributed by atoms with E-state index in [2.05, 4.69) is 10.3 Å². The Balaban J connectivity index is 1.47. The molecule has 0 bridgehead atoms. The molecule has 1 aromatic heterocycles. The number of nitrogens with one attached hydrogen (secondary N) is 1. The number of nitrogens with zero attached hydrogens (tertiary/aromatic N) is 3. The molecule has 1 saturated heterocycles. The van der Waals surface area contributed by atoms with Crippen molar-refractivity contribution in [2.45, 2.75) is 25.9 Å². The number of carbonyl (C=O) groups is 1. The lowest BCUT2D eigenvalue weighted by Crippen LogP contribution is -2.32. The molecular formula is C19H26N4O3. The van der Waals surface area contributed by atoms with Gasteiger partial charge in [0.25, 0.3) is 5.91 Å². The normalized spacial score (nSPS) is 13.8. The highest BCUT2D eigenvalue weighted by Crippen LogP contribution is 2.28. The number of benzene rings is 1. The Labute approximate surface area is 153 Å². The molecule has 2 aromatic rings. The Bertz CT molecular complexity index is 697. The standard InChI is InChI=1S/C19H26N4O3/c1-25-18-12-16(13-20-6-10-22-11-7-21-15-22)4-5-17(18)26-14-19(24)23-8-2-3-9-23/h4-5,7,11-12,15,20H,2-3,6,8-10,13-14H2,1H3. The molecule has 1 N–H and O–H groups in total. The van der Waals surface area contributed by atoms with E-state index in [1.54, 1.807) is 19.6 Å². The summed E-state index contributed by atoms with van der Waals surface area (Å²) in [5.74, 6) is 1.28. The molecule has 140 valence electrons.